The SMILES string of the molecule is CN1C(=O)N/C(=C/c2ccc(F)cc2)C1=O. The minimum atomic E-state index is -0.460. The molecule has 0 aliphatic carbocycles. The minimum Gasteiger partial charge on any atom is -0.303 e. The molecule has 0 radical (unpaired) electrons. The van der Waals surface area contributed by atoms with Gasteiger partial charge < -0.3 is 5.32 Å². The summed E-state index contributed by atoms with van der Waals surface area (Å²) < 4.78 is 12.6. The Bertz CT molecular complexity index is 479. The molecule has 3 amide bonds. The van der Waals surface area contributed by atoms with Crippen LogP contribution in [-0.4, -0.2) is 23.9 Å². The fourth-order valence-corrected chi connectivity index (χ4v) is 1.35. The number of urea groups is 1. The van der Waals surface area contributed by atoms with E-state index >= 15 is 0 Å². The Labute approximate surface area is 91.4 Å². The molecular formula is C11H9FN2O2. The summed E-state index contributed by atoms with van der Waals surface area (Å²) in [4.78, 5) is 23.6. The van der Waals surface area contributed by atoms with Crippen LogP contribution in [0.5, 0.6) is 0 Å². The number of carbonyl (C=O) groups excluding carboxylic acids is 2. The summed E-state index contributed by atoms with van der Waals surface area (Å²) in [5, 5.41) is 2.42. The number of imide groups is 1. The Kier molecular flexibility index (Phi) is 2.44. The highest BCUT2D eigenvalue weighted by atomic mass is 19.1. The molecule has 1 aliphatic rings. The van der Waals surface area contributed by atoms with E-state index in [1.54, 1.807) is 0 Å². The highest BCUT2D eigenvalue weighted by molar-refractivity contribution is 6.13. The van der Waals surface area contributed by atoms with E-state index in [0.29, 0.717) is 5.56 Å². The van der Waals surface area contributed by atoms with Crippen molar-refractivity contribution in [3.63, 3.8) is 0 Å². The molecule has 16 heavy (non-hydrogen) atoms. The highest BCUT2D eigenvalue weighted by Crippen LogP contribution is 2.12. The van der Waals surface area contributed by atoms with Crippen LogP contribution < -0.4 is 5.32 Å². The maximum atomic E-state index is 12.6. The fourth-order valence-electron chi connectivity index (χ4n) is 1.35. The summed E-state index contributed by atoms with van der Waals surface area (Å²) in [5.41, 5.74) is 0.847. The van der Waals surface area contributed by atoms with Gasteiger partial charge in [0.25, 0.3) is 5.91 Å². The molecule has 1 aliphatic heterocycles. The zero-order chi connectivity index (χ0) is 11.7. The summed E-state index contributed by atoms with van der Waals surface area (Å²) >= 11 is 0. The molecular weight excluding hydrogens is 211 g/mol. The molecule has 1 aromatic rings. The first-order chi connectivity index (χ1) is 7.58. The van der Waals surface area contributed by atoms with Crippen molar-refractivity contribution >= 4 is 18.0 Å². The average Bonchev–Trinajstić information content (AvgIpc) is 2.50. The molecule has 0 aromatic heterocycles. The van der Waals surface area contributed by atoms with Crippen molar-refractivity contribution < 1.29 is 14.0 Å². The highest BCUT2D eigenvalue weighted by Gasteiger charge is 2.29. The number of nitrogens with zero attached hydrogens (tertiary/aromatic N) is 1. The van der Waals surface area contributed by atoms with Crippen molar-refractivity contribution in [1.82, 2.24) is 10.2 Å². The Morgan fingerprint density at radius 1 is 1.25 bits per heavy atom. The summed E-state index contributed by atoms with van der Waals surface area (Å²) in [5.74, 6) is -0.740. The molecule has 4 nitrogen and oxygen atoms in total. The van der Waals surface area contributed by atoms with Crippen molar-refractivity contribution in [2.45, 2.75) is 0 Å². The number of likely N-dealkylation sites (N-methyl/N-ethyl adjacent to an activating group) is 1. The van der Waals surface area contributed by atoms with Crippen molar-refractivity contribution in [3.05, 3.63) is 41.3 Å². The maximum absolute atomic E-state index is 12.6. The average molecular weight is 220 g/mol. The van der Waals surface area contributed by atoms with Gasteiger partial charge >= 0.3 is 6.03 Å². The van der Waals surface area contributed by atoms with E-state index in [0.717, 1.165) is 4.90 Å². The first-order valence-corrected chi connectivity index (χ1v) is 4.64. The third kappa shape index (κ3) is 1.79. The molecule has 0 bridgehead atoms. The van der Waals surface area contributed by atoms with E-state index in [-0.39, 0.29) is 11.5 Å². The third-order valence-corrected chi connectivity index (χ3v) is 2.26. The molecule has 1 fully saturated rings. The molecule has 0 atom stereocenters. The number of nitrogens with one attached hydrogen (secondary N) is 1. The van der Waals surface area contributed by atoms with Gasteiger partial charge in [0, 0.05) is 7.05 Å². The van der Waals surface area contributed by atoms with Gasteiger partial charge in [-0.3, -0.25) is 9.69 Å². The number of hydrogen-bond donors (Lipinski definition) is 1. The van der Waals surface area contributed by atoms with Crippen molar-refractivity contribution in [2.24, 2.45) is 0 Å². The van der Waals surface area contributed by atoms with Gasteiger partial charge in [-0.1, -0.05) is 12.1 Å². The molecule has 1 heterocycles. The smallest absolute Gasteiger partial charge is 0.303 e. The monoisotopic (exact) mass is 220 g/mol. The van der Waals surface area contributed by atoms with E-state index in [2.05, 4.69) is 5.32 Å². The lowest BCUT2D eigenvalue weighted by Crippen LogP contribution is -2.25. The van der Waals surface area contributed by atoms with Gasteiger partial charge in [-0.05, 0) is 23.8 Å². The van der Waals surface area contributed by atoms with Gasteiger partial charge in [-0.25, -0.2) is 9.18 Å². The van der Waals surface area contributed by atoms with Gasteiger partial charge in [0.05, 0.1) is 0 Å². The maximum Gasteiger partial charge on any atom is 0.328 e. The lowest BCUT2D eigenvalue weighted by Gasteiger charge is -1.99. The quantitative estimate of drug-likeness (QED) is 0.573. The van der Waals surface area contributed by atoms with Crippen LogP contribution in [0.1, 0.15) is 5.56 Å². The first-order valence-electron chi connectivity index (χ1n) is 4.64. The summed E-state index contributed by atoms with van der Waals surface area (Å²) in [6, 6.07) is 5.17. The number of amides is 3. The van der Waals surface area contributed by atoms with Crippen LogP contribution in [0.4, 0.5) is 9.18 Å². The zero-order valence-corrected chi connectivity index (χ0v) is 8.53. The van der Waals surface area contributed by atoms with E-state index in [1.165, 1.54) is 37.4 Å². The van der Waals surface area contributed by atoms with Gasteiger partial charge in [0.15, 0.2) is 0 Å². The topological polar surface area (TPSA) is 49.4 Å². The molecule has 1 aromatic carbocycles. The molecule has 0 spiro atoms. The van der Waals surface area contributed by atoms with Crippen LogP contribution in [-0.2, 0) is 4.79 Å². The van der Waals surface area contributed by atoms with Gasteiger partial charge in [0.1, 0.15) is 11.5 Å². The predicted molar refractivity (Wildman–Crippen MR) is 55.7 cm³/mol. The van der Waals surface area contributed by atoms with Crippen LogP contribution in [0.3, 0.4) is 0 Å². The summed E-state index contributed by atoms with van der Waals surface area (Å²) in [6.45, 7) is 0. The Morgan fingerprint density at radius 3 is 2.38 bits per heavy atom. The minimum absolute atomic E-state index is 0.194. The number of carbonyl (C=O) groups is 2. The molecule has 0 unspecified atom stereocenters. The molecule has 1 saturated heterocycles. The van der Waals surface area contributed by atoms with Crippen LogP contribution >= 0.6 is 0 Å². The van der Waals surface area contributed by atoms with E-state index in [4.69, 9.17) is 0 Å². The number of rotatable bonds is 1. The van der Waals surface area contributed by atoms with Gasteiger partial charge in [-0.15, -0.1) is 0 Å². The number of halogens is 1. The van der Waals surface area contributed by atoms with Crippen LogP contribution in [0.25, 0.3) is 6.08 Å². The third-order valence-electron chi connectivity index (χ3n) is 2.26. The second kappa shape index (κ2) is 3.77. The fraction of sp³-hybridized carbons (Fsp3) is 0.0909. The van der Waals surface area contributed by atoms with Crippen molar-refractivity contribution in [1.29, 1.82) is 0 Å². The predicted octanol–water partition coefficient (Wildman–Crippen LogP) is 1.35. The van der Waals surface area contributed by atoms with Crippen molar-refractivity contribution in [3.8, 4) is 0 Å². The Hall–Kier alpha value is -2.17. The normalized spacial score (nSPS) is 18.1. The molecule has 82 valence electrons. The summed E-state index contributed by atoms with van der Waals surface area (Å²) in [7, 11) is 1.39. The van der Waals surface area contributed by atoms with Gasteiger partial charge in [-0.2, -0.15) is 0 Å². The van der Waals surface area contributed by atoms with Crippen LogP contribution in [0.15, 0.2) is 30.0 Å². The summed E-state index contributed by atoms with van der Waals surface area (Å²) in [6.07, 6.45) is 1.50. The van der Waals surface area contributed by atoms with Crippen LogP contribution in [0, 0.1) is 5.82 Å². The Balaban J connectivity index is 2.29. The lowest BCUT2D eigenvalue weighted by molar-refractivity contribution is -0.121. The molecule has 5 heteroatoms. The standard InChI is InChI=1S/C11H9FN2O2/c1-14-10(15)9(13-11(14)16)6-7-2-4-8(12)5-3-7/h2-6H,1H3,(H,13,16)/b9-6+. The molecule has 2 rings (SSSR count). The second-order valence-electron chi connectivity index (χ2n) is 3.40. The molecule has 1 N–H and O–H groups in total. The number of hydrogen-bond acceptors (Lipinski definition) is 2. The number of benzene rings is 1. The van der Waals surface area contributed by atoms with Crippen LogP contribution in [0.2, 0.25) is 0 Å². The molecule has 0 saturated carbocycles. The lowest BCUT2D eigenvalue weighted by atomic mass is 10.2. The zero-order valence-electron chi connectivity index (χ0n) is 8.53. The van der Waals surface area contributed by atoms with E-state index in [1.807, 2.05) is 0 Å². The second-order valence-corrected chi connectivity index (χ2v) is 3.40. The largest absolute Gasteiger partial charge is 0.328 e. The van der Waals surface area contributed by atoms with Gasteiger partial charge in [0.2, 0.25) is 0 Å². The van der Waals surface area contributed by atoms with E-state index < -0.39 is 11.9 Å². The van der Waals surface area contributed by atoms with Crippen molar-refractivity contribution in [2.75, 3.05) is 7.05 Å². The van der Waals surface area contributed by atoms with E-state index in [9.17, 15) is 14.0 Å². The Morgan fingerprint density at radius 2 is 1.88 bits per heavy atom. The first kappa shape index (κ1) is 10.4.